The molecule has 1 aromatic carbocycles. The van der Waals surface area contributed by atoms with Crippen molar-refractivity contribution in [2.75, 3.05) is 0 Å². The summed E-state index contributed by atoms with van der Waals surface area (Å²) in [6, 6.07) is 9.72. The van der Waals surface area contributed by atoms with Gasteiger partial charge in [0.2, 0.25) is 0 Å². The van der Waals surface area contributed by atoms with Gasteiger partial charge in [0.15, 0.2) is 14.3 Å². The Hall–Kier alpha value is -0.940. The molecule has 4 nitrogen and oxygen atoms in total. The van der Waals surface area contributed by atoms with Gasteiger partial charge in [0.1, 0.15) is 0 Å². The predicted molar refractivity (Wildman–Crippen MR) is 72.4 cm³/mol. The van der Waals surface area contributed by atoms with Gasteiger partial charge in [-0.2, -0.15) is 4.51 Å². The number of benzene rings is 1. The number of hydrogen-bond acceptors (Lipinski definition) is 2. The Balaban J connectivity index is 2.31. The van der Waals surface area contributed by atoms with Gasteiger partial charge in [-0.25, -0.2) is 0 Å². The van der Waals surface area contributed by atoms with E-state index in [4.69, 9.17) is 4.84 Å². The molecule has 7 heteroatoms. The van der Waals surface area contributed by atoms with Crippen LogP contribution in [0, 0.1) is 0 Å². The summed E-state index contributed by atoms with van der Waals surface area (Å²) in [5.74, 6) is 0.825. The average molecular weight is 271 g/mol. The first-order valence-electron chi connectivity index (χ1n) is 4.67. The number of hydrogen-bond donors (Lipinski definition) is 1. The van der Waals surface area contributed by atoms with E-state index in [0.717, 1.165) is 19.6 Å². The van der Waals surface area contributed by atoms with Crippen LogP contribution < -0.4 is 4.84 Å². The fourth-order valence-corrected chi connectivity index (χ4v) is 5.78. The van der Waals surface area contributed by atoms with Crippen LogP contribution in [0.4, 0.5) is 0 Å². The molecule has 2 aromatic rings. The molecule has 0 bridgehead atoms. The molecule has 1 N–H and O–H groups in total. The van der Waals surface area contributed by atoms with Crippen molar-refractivity contribution in [2.24, 2.45) is 0 Å². The van der Waals surface area contributed by atoms with E-state index in [1.54, 1.807) is 0 Å². The summed E-state index contributed by atoms with van der Waals surface area (Å²) in [5, 5.41) is 1.08. The zero-order valence-corrected chi connectivity index (χ0v) is 11.6. The maximum atomic E-state index is 5.77. The number of aromatic amines is 1. The maximum Gasteiger partial charge on any atom is 0.182 e. The van der Waals surface area contributed by atoms with E-state index in [1.165, 1.54) is 0 Å². The Kier molecular flexibility index (Phi) is 3.90. The maximum absolute atomic E-state index is 5.77. The topological polar surface area (TPSA) is 42.8 Å². The normalized spacial score (nSPS) is 11.9. The zero-order valence-electron chi connectivity index (χ0n) is 8.79. The van der Waals surface area contributed by atoms with Crippen LogP contribution in [0.5, 0.6) is 5.75 Å². The molecular formula is C9H12N3OP3. The lowest BCUT2D eigenvalue weighted by molar-refractivity contribution is 0.275. The van der Waals surface area contributed by atoms with E-state index in [1.807, 2.05) is 41.5 Å². The molecule has 2 rings (SSSR count). The van der Waals surface area contributed by atoms with Crippen LogP contribution in [0.1, 0.15) is 6.92 Å². The molecule has 0 aliphatic rings. The summed E-state index contributed by atoms with van der Waals surface area (Å²) in [5.41, 5.74) is 0. The molecule has 0 aliphatic carbocycles. The second-order valence-electron chi connectivity index (χ2n) is 3.12. The minimum Gasteiger partial charge on any atom is -0.366 e. The number of aromatic nitrogens is 3. The predicted octanol–water partition coefficient (Wildman–Crippen LogP) is 4.27. The molecule has 0 saturated carbocycles. The zero-order chi connectivity index (χ0) is 11.4. The smallest absolute Gasteiger partial charge is 0.182 e. The minimum absolute atomic E-state index is 0.430. The molecule has 0 aliphatic heterocycles. The largest absolute Gasteiger partial charge is 0.366 e. The average Bonchev–Trinajstić information content (AvgIpc) is 2.31. The molecule has 1 aromatic heterocycles. The third-order valence-electron chi connectivity index (χ3n) is 1.79. The van der Waals surface area contributed by atoms with Crippen molar-refractivity contribution in [2.45, 2.75) is 6.92 Å². The second kappa shape index (κ2) is 5.41. The highest BCUT2D eigenvalue weighted by molar-refractivity contribution is 7.61. The molecule has 16 heavy (non-hydrogen) atoms. The highest BCUT2D eigenvalue weighted by atomic mass is 31.2. The fraction of sp³-hybridized carbons (Fsp3) is 0.111. The van der Waals surface area contributed by atoms with Crippen molar-refractivity contribution in [1.29, 1.82) is 0 Å². The lowest BCUT2D eigenvalue weighted by Crippen LogP contribution is -2.00. The fourth-order valence-electron chi connectivity index (χ4n) is 1.09. The number of nitrogens with zero attached hydrogens (tertiary/aromatic N) is 2. The van der Waals surface area contributed by atoms with Crippen LogP contribution in [-0.4, -0.2) is 13.3 Å². The Labute approximate surface area is 98.3 Å². The Morgan fingerprint density at radius 1 is 1.56 bits per heavy atom. The number of H-pyrrole nitrogens is 1. The second-order valence-corrected chi connectivity index (χ2v) is 7.64. The molecule has 0 radical (unpaired) electrons. The quantitative estimate of drug-likeness (QED) is 0.905. The Morgan fingerprint density at radius 3 is 3.00 bits per heavy atom. The molecule has 2 unspecified atom stereocenters. The summed E-state index contributed by atoms with van der Waals surface area (Å²) in [7, 11) is 0.632. The SMILES string of the molecule is C=C(C)p1[nH][pH]npn1Oc1ccccc1. The molecule has 84 valence electrons. The van der Waals surface area contributed by atoms with Crippen LogP contribution in [0.2, 0.25) is 0 Å². The number of allylic oxidation sites excluding steroid dienone is 1. The van der Waals surface area contributed by atoms with Gasteiger partial charge < -0.3 is 9.35 Å². The summed E-state index contributed by atoms with van der Waals surface area (Å²) >= 11 is 0. The van der Waals surface area contributed by atoms with Crippen molar-refractivity contribution in [3.05, 3.63) is 36.9 Å². The Morgan fingerprint density at radius 2 is 2.31 bits per heavy atom. The third-order valence-corrected chi connectivity index (χ3v) is 5.95. The lowest BCUT2D eigenvalue weighted by Gasteiger charge is -2.12. The van der Waals surface area contributed by atoms with Gasteiger partial charge in [0.05, 0.1) is 7.85 Å². The molecule has 2 atom stereocenters. The number of nitrogens with one attached hydrogen (secondary N) is 1. The number of rotatable bonds is 3. The van der Waals surface area contributed by atoms with Crippen molar-refractivity contribution < 1.29 is 4.84 Å². The van der Waals surface area contributed by atoms with Gasteiger partial charge in [-0.1, -0.05) is 24.8 Å². The first-order chi connectivity index (χ1) is 7.77. The molecular weight excluding hydrogens is 259 g/mol. The van der Waals surface area contributed by atoms with Gasteiger partial charge in [0.25, 0.3) is 0 Å². The lowest BCUT2D eigenvalue weighted by atomic mass is 10.3. The van der Waals surface area contributed by atoms with Crippen molar-refractivity contribution in [1.82, 2.24) is 13.3 Å². The van der Waals surface area contributed by atoms with Gasteiger partial charge in [-0.15, -0.1) is 4.26 Å². The van der Waals surface area contributed by atoms with Crippen molar-refractivity contribution in [3.8, 4) is 5.75 Å². The highest BCUT2D eigenvalue weighted by Gasteiger charge is 2.02. The summed E-state index contributed by atoms with van der Waals surface area (Å²) in [4.78, 5) is 5.77. The Bertz CT molecular complexity index is 506. The summed E-state index contributed by atoms with van der Waals surface area (Å²) < 4.78 is 9.40. The van der Waals surface area contributed by atoms with E-state index in [9.17, 15) is 0 Å². The number of para-hydroxylation sites is 1. The highest BCUT2D eigenvalue weighted by Crippen LogP contribution is 2.36. The van der Waals surface area contributed by atoms with Crippen molar-refractivity contribution in [3.63, 3.8) is 0 Å². The van der Waals surface area contributed by atoms with Gasteiger partial charge in [-0.05, 0) is 19.1 Å². The molecule has 1 heterocycles. The first-order valence-corrected chi connectivity index (χ1v) is 7.71. The molecule has 0 amide bonds. The van der Waals surface area contributed by atoms with E-state index in [-0.39, 0.29) is 0 Å². The van der Waals surface area contributed by atoms with Gasteiger partial charge >= 0.3 is 0 Å². The molecule has 0 saturated heterocycles. The van der Waals surface area contributed by atoms with Gasteiger partial charge in [-0.3, -0.25) is 0 Å². The third kappa shape index (κ3) is 2.80. The van der Waals surface area contributed by atoms with Crippen LogP contribution >= 0.6 is 24.9 Å². The van der Waals surface area contributed by atoms with E-state index >= 15 is 0 Å². The molecule has 0 spiro atoms. The van der Waals surface area contributed by atoms with Crippen molar-refractivity contribution >= 4 is 30.2 Å². The molecule has 0 fully saturated rings. The summed E-state index contributed by atoms with van der Waals surface area (Å²) in [6.45, 7) is 5.98. The minimum atomic E-state index is -0.645. The monoisotopic (exact) mass is 271 g/mol. The van der Waals surface area contributed by atoms with Crippen LogP contribution in [0.15, 0.2) is 36.9 Å². The van der Waals surface area contributed by atoms with Crippen LogP contribution in [-0.2, 0) is 0 Å². The van der Waals surface area contributed by atoms with Crippen LogP contribution in [0.3, 0.4) is 0 Å². The van der Waals surface area contributed by atoms with E-state index in [0.29, 0.717) is 8.51 Å². The van der Waals surface area contributed by atoms with E-state index in [2.05, 4.69) is 15.6 Å². The first kappa shape index (κ1) is 11.5. The van der Waals surface area contributed by atoms with E-state index < -0.39 is 7.85 Å². The summed E-state index contributed by atoms with van der Waals surface area (Å²) in [6.07, 6.45) is 0. The standard InChI is InChI=1S/C9H12N3OP3/c1-8(2)16-11-14-10-15-12(16)13-9-6-4-3-5-7-9/h3-7,11,14H,1H2,2H3. The van der Waals surface area contributed by atoms with Crippen LogP contribution in [0.25, 0.3) is 5.31 Å². The van der Waals surface area contributed by atoms with Gasteiger partial charge in [0, 0.05) is 13.8 Å².